The lowest BCUT2D eigenvalue weighted by atomic mass is 10.0. The van der Waals surface area contributed by atoms with Crippen molar-refractivity contribution in [1.29, 1.82) is 0 Å². The van der Waals surface area contributed by atoms with Crippen molar-refractivity contribution >= 4 is 34.4 Å². The molecule has 1 amide bonds. The van der Waals surface area contributed by atoms with Crippen molar-refractivity contribution in [2.24, 2.45) is 0 Å². The summed E-state index contributed by atoms with van der Waals surface area (Å²) < 4.78 is 15.5. The van der Waals surface area contributed by atoms with Gasteiger partial charge in [0.05, 0.1) is 12.2 Å². The minimum atomic E-state index is -0.837. The van der Waals surface area contributed by atoms with Gasteiger partial charge in [-0.15, -0.1) is 0 Å². The van der Waals surface area contributed by atoms with Crippen molar-refractivity contribution in [3.8, 4) is 5.75 Å². The highest BCUT2D eigenvalue weighted by atomic mass is 16.5. The number of methoxy groups -OCH3 is 1. The van der Waals surface area contributed by atoms with Gasteiger partial charge < -0.3 is 19.2 Å². The van der Waals surface area contributed by atoms with Gasteiger partial charge in [0.25, 0.3) is 5.91 Å². The molecule has 0 spiro atoms. The van der Waals surface area contributed by atoms with E-state index in [9.17, 15) is 24.0 Å². The van der Waals surface area contributed by atoms with Gasteiger partial charge in [0.2, 0.25) is 11.6 Å². The number of esters is 1. The first kappa shape index (κ1) is 25.2. The summed E-state index contributed by atoms with van der Waals surface area (Å²) in [5.74, 6) is -2.54. The molecule has 0 fully saturated rings. The number of hydrogen-bond donors (Lipinski definition) is 1. The van der Waals surface area contributed by atoms with Gasteiger partial charge in [0.1, 0.15) is 16.9 Å². The minimum Gasteiger partial charge on any atom is -0.423 e. The van der Waals surface area contributed by atoms with Crippen LogP contribution in [0.2, 0.25) is 0 Å². The second kappa shape index (κ2) is 11.2. The Bertz CT molecular complexity index is 1540. The number of fused-ring (bicyclic) bond motifs is 1. The van der Waals surface area contributed by atoms with Gasteiger partial charge in [0.15, 0.2) is 0 Å². The Kier molecular flexibility index (Phi) is 7.65. The highest BCUT2D eigenvalue weighted by molar-refractivity contribution is 6.49. The van der Waals surface area contributed by atoms with Crippen LogP contribution < -0.4 is 15.7 Å². The third-order valence-corrected chi connectivity index (χ3v) is 5.38. The number of nitrogens with one attached hydrogen (secondary N) is 1. The van der Waals surface area contributed by atoms with E-state index < -0.39 is 29.1 Å². The third kappa shape index (κ3) is 5.85. The molecule has 37 heavy (non-hydrogen) atoms. The molecule has 0 aliphatic carbocycles. The second-order valence-corrected chi connectivity index (χ2v) is 7.89. The summed E-state index contributed by atoms with van der Waals surface area (Å²) in [6.07, 6.45) is 0. The summed E-state index contributed by atoms with van der Waals surface area (Å²) in [6.45, 7) is 0.532. The van der Waals surface area contributed by atoms with E-state index in [1.54, 1.807) is 36.4 Å². The number of ether oxygens (including phenoxy) is 2. The number of rotatable bonds is 9. The van der Waals surface area contributed by atoms with Gasteiger partial charge in [0, 0.05) is 36.2 Å². The molecule has 1 N–H and O–H groups in total. The molecule has 0 bridgehead atoms. The van der Waals surface area contributed by atoms with Crippen LogP contribution in [0.15, 0.2) is 88.1 Å². The lowest BCUT2D eigenvalue weighted by Crippen LogP contribution is -2.30. The lowest BCUT2D eigenvalue weighted by Gasteiger charge is -2.07. The molecule has 0 aliphatic rings. The molecule has 9 heteroatoms. The fourth-order valence-corrected chi connectivity index (χ4v) is 3.45. The molecule has 0 atom stereocenters. The third-order valence-electron chi connectivity index (χ3n) is 5.38. The zero-order valence-electron chi connectivity index (χ0n) is 19.7. The van der Waals surface area contributed by atoms with E-state index in [-0.39, 0.29) is 40.1 Å². The van der Waals surface area contributed by atoms with Crippen molar-refractivity contribution in [3.05, 3.63) is 112 Å². The maximum atomic E-state index is 12.6. The van der Waals surface area contributed by atoms with Crippen molar-refractivity contribution < 1.29 is 33.1 Å². The van der Waals surface area contributed by atoms with Crippen molar-refractivity contribution in [1.82, 2.24) is 5.32 Å². The van der Waals surface area contributed by atoms with Crippen LogP contribution in [-0.4, -0.2) is 43.7 Å². The van der Waals surface area contributed by atoms with Crippen LogP contribution in [0.5, 0.6) is 5.75 Å². The molecule has 1 aromatic heterocycles. The van der Waals surface area contributed by atoms with Crippen molar-refractivity contribution in [2.45, 2.75) is 0 Å². The SMILES string of the molecule is COCCNC(=O)c1cc2ccc(OC(=O)c3ccc(C(=O)C(=O)c4ccccc4)cc3)cc2oc1=O. The number of hydrogen-bond acceptors (Lipinski definition) is 8. The molecule has 4 rings (SSSR count). The summed E-state index contributed by atoms with van der Waals surface area (Å²) in [6, 6.07) is 19.5. The van der Waals surface area contributed by atoms with Crippen molar-refractivity contribution in [2.75, 3.05) is 20.3 Å². The minimum absolute atomic E-state index is 0.109. The number of amides is 1. The van der Waals surface area contributed by atoms with Gasteiger partial charge in [-0.2, -0.15) is 0 Å². The molecule has 0 aliphatic heterocycles. The van der Waals surface area contributed by atoms with Gasteiger partial charge in [-0.3, -0.25) is 14.4 Å². The van der Waals surface area contributed by atoms with E-state index in [2.05, 4.69) is 5.32 Å². The summed E-state index contributed by atoms with van der Waals surface area (Å²) >= 11 is 0. The highest BCUT2D eigenvalue weighted by Gasteiger charge is 2.19. The maximum absolute atomic E-state index is 12.6. The number of carbonyl (C=O) groups is 4. The maximum Gasteiger partial charge on any atom is 0.349 e. The molecule has 1 heterocycles. The molecule has 186 valence electrons. The molecular formula is C28H21NO8. The number of benzene rings is 3. The van der Waals surface area contributed by atoms with E-state index in [4.69, 9.17) is 13.9 Å². The molecule has 3 aromatic carbocycles. The van der Waals surface area contributed by atoms with E-state index in [0.29, 0.717) is 12.0 Å². The topological polar surface area (TPSA) is 129 Å². The van der Waals surface area contributed by atoms with Gasteiger partial charge >= 0.3 is 11.6 Å². The summed E-state index contributed by atoms with van der Waals surface area (Å²) in [4.78, 5) is 61.9. The van der Waals surface area contributed by atoms with Gasteiger partial charge in [-0.05, 0) is 30.3 Å². The van der Waals surface area contributed by atoms with E-state index in [1.165, 1.54) is 49.6 Å². The number of ketones is 2. The first-order valence-corrected chi connectivity index (χ1v) is 11.2. The van der Waals surface area contributed by atoms with Crippen LogP contribution >= 0.6 is 0 Å². The van der Waals surface area contributed by atoms with Crippen LogP contribution in [0.3, 0.4) is 0 Å². The standard InChI is InChI=1S/C28H21NO8/c1-35-14-13-29-26(32)22-15-20-11-12-21(16-23(20)37-28(22)34)36-27(33)19-9-7-18(8-10-19)25(31)24(30)17-5-3-2-4-6-17/h2-12,15-16H,13-14H2,1H3,(H,29,32). The molecule has 9 nitrogen and oxygen atoms in total. The molecule has 0 unspecified atom stereocenters. The second-order valence-electron chi connectivity index (χ2n) is 7.89. The normalized spacial score (nSPS) is 10.6. The van der Waals surface area contributed by atoms with E-state index in [1.807, 2.05) is 0 Å². The Hall–Kier alpha value is -4.89. The molecule has 4 aromatic rings. The molecular weight excluding hydrogens is 478 g/mol. The fourth-order valence-electron chi connectivity index (χ4n) is 3.45. The molecule has 0 radical (unpaired) electrons. The summed E-state index contributed by atoms with van der Waals surface area (Å²) in [7, 11) is 1.49. The average Bonchev–Trinajstić information content (AvgIpc) is 2.92. The summed E-state index contributed by atoms with van der Waals surface area (Å²) in [5.41, 5.74) is -0.305. The average molecular weight is 499 g/mol. The Morgan fingerprint density at radius 1 is 0.811 bits per heavy atom. The zero-order chi connectivity index (χ0) is 26.4. The van der Waals surface area contributed by atoms with Crippen LogP contribution in [0.25, 0.3) is 11.0 Å². The first-order chi connectivity index (χ1) is 17.9. The highest BCUT2D eigenvalue weighted by Crippen LogP contribution is 2.22. The number of carbonyl (C=O) groups excluding carboxylic acids is 4. The fraction of sp³-hybridized carbons (Fsp3) is 0.107. The monoisotopic (exact) mass is 499 g/mol. The van der Waals surface area contributed by atoms with Crippen LogP contribution in [0, 0.1) is 0 Å². The predicted octanol–water partition coefficient (Wildman–Crippen LogP) is 3.45. The molecule has 0 saturated carbocycles. The quantitative estimate of drug-likeness (QED) is 0.0926. The predicted molar refractivity (Wildman–Crippen MR) is 133 cm³/mol. The largest absolute Gasteiger partial charge is 0.423 e. The Morgan fingerprint density at radius 2 is 1.46 bits per heavy atom. The first-order valence-electron chi connectivity index (χ1n) is 11.2. The van der Waals surface area contributed by atoms with Crippen LogP contribution in [0.1, 0.15) is 41.4 Å². The lowest BCUT2D eigenvalue weighted by molar-refractivity contribution is 0.0734. The van der Waals surface area contributed by atoms with Crippen LogP contribution in [-0.2, 0) is 4.74 Å². The molecule has 0 saturated heterocycles. The summed E-state index contributed by atoms with van der Waals surface area (Å²) in [5, 5.41) is 3.01. The van der Waals surface area contributed by atoms with E-state index >= 15 is 0 Å². The van der Waals surface area contributed by atoms with Gasteiger partial charge in [-0.1, -0.05) is 42.5 Å². The Balaban J connectivity index is 1.46. The Morgan fingerprint density at radius 3 is 2.14 bits per heavy atom. The van der Waals surface area contributed by atoms with E-state index in [0.717, 1.165) is 0 Å². The zero-order valence-corrected chi connectivity index (χ0v) is 19.7. The van der Waals surface area contributed by atoms with Crippen LogP contribution in [0.4, 0.5) is 0 Å². The smallest absolute Gasteiger partial charge is 0.349 e. The Labute approximate surface area is 210 Å². The van der Waals surface area contributed by atoms with Crippen molar-refractivity contribution in [3.63, 3.8) is 0 Å². The number of Topliss-reactive ketones (excluding diaryl/α,β-unsaturated/α-hetero) is 2. The van der Waals surface area contributed by atoms with Gasteiger partial charge in [-0.25, -0.2) is 9.59 Å².